The van der Waals surface area contributed by atoms with Crippen molar-refractivity contribution in [3.63, 3.8) is 0 Å². The van der Waals surface area contributed by atoms with E-state index >= 15 is 0 Å². The van der Waals surface area contributed by atoms with E-state index in [2.05, 4.69) is 10.3 Å². The van der Waals surface area contributed by atoms with Gasteiger partial charge in [-0.15, -0.1) is 0 Å². The van der Waals surface area contributed by atoms with Crippen LogP contribution in [0.15, 0.2) is 30.3 Å². The van der Waals surface area contributed by atoms with Crippen LogP contribution in [0, 0.1) is 0 Å². The number of aliphatic hydroxyl groups is 1. The fraction of sp³-hybridized carbons (Fsp3) is 0.500. The second kappa shape index (κ2) is 7.41. The van der Waals surface area contributed by atoms with E-state index in [4.69, 9.17) is 0 Å². The molecule has 0 spiro atoms. The summed E-state index contributed by atoms with van der Waals surface area (Å²) in [5.41, 5.74) is 1.75. The van der Waals surface area contributed by atoms with Crippen LogP contribution in [0.1, 0.15) is 38.2 Å². The Morgan fingerprint density at radius 3 is 2.96 bits per heavy atom. The molecule has 2 N–H and O–H groups in total. The van der Waals surface area contributed by atoms with Gasteiger partial charge >= 0.3 is 0 Å². The number of hydrogen-bond donors (Lipinski definition) is 2. The van der Waals surface area contributed by atoms with E-state index in [1.807, 2.05) is 37.3 Å². The van der Waals surface area contributed by atoms with Crippen molar-refractivity contribution < 1.29 is 9.32 Å². The van der Waals surface area contributed by atoms with E-state index in [9.17, 15) is 9.32 Å². The average Bonchev–Trinajstić information content (AvgIpc) is 2.60. The molecule has 1 aliphatic rings. The summed E-state index contributed by atoms with van der Waals surface area (Å²) in [7, 11) is -0.731. The molecule has 0 aliphatic heterocycles. The van der Waals surface area contributed by atoms with Crippen LogP contribution in [0.5, 0.6) is 0 Å². The number of hydrogen-bond acceptors (Lipinski definition) is 4. The van der Waals surface area contributed by atoms with Crippen molar-refractivity contribution in [2.24, 2.45) is 0 Å². The first-order chi connectivity index (χ1) is 11.2. The Morgan fingerprint density at radius 1 is 1.35 bits per heavy atom. The third kappa shape index (κ3) is 3.72. The van der Waals surface area contributed by atoms with E-state index in [1.165, 1.54) is 0 Å². The number of nitrogens with one attached hydrogen (secondary N) is 1. The summed E-state index contributed by atoms with van der Waals surface area (Å²) in [4.78, 5) is 4.68. The molecular weight excluding hydrogens is 308 g/mol. The molecule has 124 valence electrons. The molecule has 1 heterocycles. The van der Waals surface area contributed by atoms with Crippen molar-refractivity contribution in [2.45, 2.75) is 50.5 Å². The lowest BCUT2D eigenvalue weighted by atomic mass is 9.95. The van der Waals surface area contributed by atoms with Crippen LogP contribution < -0.4 is 5.32 Å². The zero-order valence-corrected chi connectivity index (χ0v) is 14.3. The van der Waals surface area contributed by atoms with E-state index in [1.54, 1.807) is 0 Å². The third-order valence-electron chi connectivity index (χ3n) is 4.60. The number of nitrogens with zero attached hydrogens (tertiary/aromatic N) is 1. The second-order valence-corrected chi connectivity index (χ2v) is 8.15. The maximum Gasteiger partial charge on any atom is 0.132 e. The number of rotatable bonds is 5. The number of anilines is 1. The smallest absolute Gasteiger partial charge is 0.132 e. The fourth-order valence-electron chi connectivity index (χ4n) is 3.35. The SMILES string of the molecule is CCS(=O)C1CCCC(Nc2nc3ccccc3cc2CO)C1. The molecular formula is C18H24N2O2S. The van der Waals surface area contributed by atoms with Gasteiger partial charge in [-0.05, 0) is 31.4 Å². The molecule has 1 aliphatic carbocycles. The maximum absolute atomic E-state index is 12.1. The first-order valence-electron chi connectivity index (χ1n) is 8.34. The summed E-state index contributed by atoms with van der Waals surface area (Å²) in [6.07, 6.45) is 4.13. The van der Waals surface area contributed by atoms with Crippen LogP contribution in [0.3, 0.4) is 0 Å². The standard InChI is InChI=1S/C18H24N2O2S/c1-2-23(22)16-8-5-7-15(11-16)19-18-14(12-21)10-13-6-3-4-9-17(13)20-18/h3-4,6,9-10,15-16,21H,2,5,7-8,11-12H2,1H3,(H,19,20). The molecule has 2 aromatic rings. The zero-order chi connectivity index (χ0) is 16.2. The summed E-state index contributed by atoms with van der Waals surface area (Å²) in [6.45, 7) is 1.96. The van der Waals surface area contributed by atoms with Gasteiger partial charge in [-0.1, -0.05) is 31.5 Å². The largest absolute Gasteiger partial charge is 0.392 e. The van der Waals surface area contributed by atoms with E-state index < -0.39 is 10.8 Å². The van der Waals surface area contributed by atoms with Gasteiger partial charge in [0.2, 0.25) is 0 Å². The first kappa shape index (κ1) is 16.4. The molecule has 1 fully saturated rings. The lowest BCUT2D eigenvalue weighted by Crippen LogP contribution is -2.33. The molecule has 0 saturated heterocycles. The second-order valence-electron chi connectivity index (χ2n) is 6.15. The highest BCUT2D eigenvalue weighted by atomic mass is 32.2. The lowest BCUT2D eigenvalue weighted by Gasteiger charge is -2.30. The Kier molecular flexibility index (Phi) is 5.28. The molecule has 5 heteroatoms. The van der Waals surface area contributed by atoms with Crippen LogP contribution in [0.2, 0.25) is 0 Å². The van der Waals surface area contributed by atoms with Gasteiger partial charge in [0.25, 0.3) is 0 Å². The minimum absolute atomic E-state index is 0.0305. The highest BCUT2D eigenvalue weighted by molar-refractivity contribution is 7.85. The summed E-state index contributed by atoms with van der Waals surface area (Å²) < 4.78 is 12.1. The van der Waals surface area contributed by atoms with Gasteiger partial charge < -0.3 is 10.4 Å². The van der Waals surface area contributed by atoms with E-state index in [0.717, 1.165) is 53.7 Å². The van der Waals surface area contributed by atoms with Crippen molar-refractivity contribution >= 4 is 27.5 Å². The molecule has 0 amide bonds. The van der Waals surface area contributed by atoms with Crippen LogP contribution in [0.25, 0.3) is 10.9 Å². The van der Waals surface area contributed by atoms with Crippen molar-refractivity contribution in [2.75, 3.05) is 11.1 Å². The molecule has 1 saturated carbocycles. The Labute approximate surface area is 139 Å². The molecule has 3 atom stereocenters. The van der Waals surface area contributed by atoms with E-state index in [0.29, 0.717) is 0 Å². The van der Waals surface area contributed by atoms with Crippen molar-refractivity contribution in [3.05, 3.63) is 35.9 Å². The number of fused-ring (bicyclic) bond motifs is 1. The van der Waals surface area contributed by atoms with Crippen LogP contribution >= 0.6 is 0 Å². The van der Waals surface area contributed by atoms with Crippen LogP contribution in [-0.4, -0.2) is 31.3 Å². The van der Waals surface area contributed by atoms with E-state index in [-0.39, 0.29) is 17.9 Å². The molecule has 0 bridgehead atoms. The summed E-state index contributed by atoms with van der Waals surface area (Å²) in [5, 5.41) is 14.5. The molecule has 3 unspecified atom stereocenters. The normalized spacial score (nSPS) is 22.9. The minimum Gasteiger partial charge on any atom is -0.392 e. The Morgan fingerprint density at radius 2 is 2.17 bits per heavy atom. The number of para-hydroxylation sites is 1. The summed E-state index contributed by atoms with van der Waals surface area (Å²) in [6, 6.07) is 10.2. The molecule has 4 nitrogen and oxygen atoms in total. The predicted molar refractivity (Wildman–Crippen MR) is 96.0 cm³/mol. The quantitative estimate of drug-likeness (QED) is 0.882. The topological polar surface area (TPSA) is 62.2 Å². The molecule has 0 radical (unpaired) electrons. The Balaban J connectivity index is 1.81. The molecule has 23 heavy (non-hydrogen) atoms. The van der Waals surface area contributed by atoms with Gasteiger partial charge in [0, 0.05) is 38.8 Å². The monoisotopic (exact) mass is 332 g/mol. The van der Waals surface area contributed by atoms with Crippen molar-refractivity contribution in [1.82, 2.24) is 4.98 Å². The van der Waals surface area contributed by atoms with Gasteiger partial charge in [-0.3, -0.25) is 4.21 Å². The first-order valence-corrected chi connectivity index (χ1v) is 9.72. The summed E-state index contributed by atoms with van der Waals surface area (Å²) in [5.74, 6) is 1.49. The highest BCUT2D eigenvalue weighted by Gasteiger charge is 2.26. The van der Waals surface area contributed by atoms with Crippen molar-refractivity contribution in [3.8, 4) is 0 Å². The number of benzene rings is 1. The minimum atomic E-state index is -0.731. The van der Waals surface area contributed by atoms with Crippen molar-refractivity contribution in [1.29, 1.82) is 0 Å². The molecule has 3 rings (SSSR count). The fourth-order valence-corrected chi connectivity index (χ4v) is 4.70. The third-order valence-corrected chi connectivity index (χ3v) is 6.34. The van der Waals surface area contributed by atoms with Gasteiger partial charge in [-0.25, -0.2) is 4.98 Å². The Hall–Kier alpha value is -1.46. The Bertz CT molecular complexity index is 704. The number of aromatic nitrogens is 1. The number of pyridine rings is 1. The van der Waals surface area contributed by atoms with Gasteiger partial charge in [0.15, 0.2) is 0 Å². The summed E-state index contributed by atoms with van der Waals surface area (Å²) >= 11 is 0. The number of aliphatic hydroxyl groups excluding tert-OH is 1. The van der Waals surface area contributed by atoms with Gasteiger partial charge in [0.1, 0.15) is 5.82 Å². The lowest BCUT2D eigenvalue weighted by molar-refractivity contribution is 0.282. The molecule has 1 aromatic carbocycles. The average molecular weight is 332 g/mol. The van der Waals surface area contributed by atoms with Gasteiger partial charge in [-0.2, -0.15) is 0 Å². The van der Waals surface area contributed by atoms with Gasteiger partial charge in [0.05, 0.1) is 12.1 Å². The molecule has 1 aromatic heterocycles. The predicted octanol–water partition coefficient (Wildman–Crippen LogP) is 3.22. The highest BCUT2D eigenvalue weighted by Crippen LogP contribution is 2.27. The van der Waals surface area contributed by atoms with Crippen LogP contribution in [0.4, 0.5) is 5.82 Å². The zero-order valence-electron chi connectivity index (χ0n) is 13.5. The van der Waals surface area contributed by atoms with Crippen LogP contribution in [-0.2, 0) is 17.4 Å². The maximum atomic E-state index is 12.1.